The Morgan fingerprint density at radius 2 is 2.05 bits per heavy atom. The molecule has 1 atom stereocenters. The van der Waals surface area contributed by atoms with Crippen molar-refractivity contribution in [1.29, 1.82) is 0 Å². The monoisotopic (exact) mass is 276 g/mol. The number of hydrogen-bond donors (Lipinski definition) is 1. The van der Waals surface area contributed by atoms with Crippen molar-refractivity contribution in [3.63, 3.8) is 0 Å². The zero-order valence-corrected chi connectivity index (χ0v) is 11.8. The number of carboxylic acid groups (broad SMARTS) is 1. The number of rotatable bonds is 3. The molecule has 0 saturated carbocycles. The van der Waals surface area contributed by atoms with E-state index in [1.54, 1.807) is 33.9 Å². The lowest BCUT2D eigenvalue weighted by Gasteiger charge is -2.18. The standard InChI is InChI=1S/C14H16N2O4/c1-7-5-11(17)16(9(3)12(7)14(18)19)10(4)13-15-6-8(2)20-13/h5-6,10H,1-4H3,(H,18,19). The van der Waals surface area contributed by atoms with Crippen molar-refractivity contribution in [1.82, 2.24) is 9.55 Å². The largest absolute Gasteiger partial charge is 0.478 e. The van der Waals surface area contributed by atoms with E-state index in [-0.39, 0.29) is 11.1 Å². The van der Waals surface area contributed by atoms with Gasteiger partial charge in [-0.15, -0.1) is 0 Å². The summed E-state index contributed by atoms with van der Waals surface area (Å²) in [6.45, 7) is 6.74. The Labute approximate surface area is 115 Å². The first-order valence-electron chi connectivity index (χ1n) is 6.21. The molecular weight excluding hydrogens is 260 g/mol. The third kappa shape index (κ3) is 2.24. The fourth-order valence-corrected chi connectivity index (χ4v) is 2.38. The minimum absolute atomic E-state index is 0.139. The van der Waals surface area contributed by atoms with E-state index in [4.69, 9.17) is 4.42 Å². The maximum absolute atomic E-state index is 12.2. The minimum Gasteiger partial charge on any atom is -0.478 e. The lowest BCUT2D eigenvalue weighted by Crippen LogP contribution is -2.28. The van der Waals surface area contributed by atoms with E-state index in [2.05, 4.69) is 4.98 Å². The van der Waals surface area contributed by atoms with Gasteiger partial charge in [0.2, 0.25) is 5.89 Å². The molecule has 0 bridgehead atoms. The second kappa shape index (κ2) is 4.96. The molecule has 6 nitrogen and oxygen atoms in total. The summed E-state index contributed by atoms with van der Waals surface area (Å²) in [6, 6.07) is 0.859. The van der Waals surface area contributed by atoms with E-state index in [0.717, 1.165) is 0 Å². The Balaban J connectivity index is 2.65. The van der Waals surface area contributed by atoms with Crippen molar-refractivity contribution in [2.24, 2.45) is 0 Å². The molecule has 0 aliphatic heterocycles. The molecule has 1 unspecified atom stereocenters. The summed E-state index contributed by atoms with van der Waals surface area (Å²) in [5.74, 6) is -0.0273. The molecule has 6 heteroatoms. The molecule has 2 heterocycles. The summed E-state index contributed by atoms with van der Waals surface area (Å²) in [6.07, 6.45) is 1.57. The Morgan fingerprint density at radius 3 is 2.55 bits per heavy atom. The van der Waals surface area contributed by atoms with Gasteiger partial charge in [-0.2, -0.15) is 0 Å². The summed E-state index contributed by atoms with van der Waals surface area (Å²) < 4.78 is 6.81. The molecule has 2 aromatic rings. The van der Waals surface area contributed by atoms with Crippen LogP contribution in [0.25, 0.3) is 0 Å². The molecule has 0 aliphatic rings. The number of aryl methyl sites for hydroxylation is 2. The maximum Gasteiger partial charge on any atom is 0.337 e. The Kier molecular flexibility index (Phi) is 3.48. The summed E-state index contributed by atoms with van der Waals surface area (Å²) in [4.78, 5) is 27.6. The van der Waals surface area contributed by atoms with Crippen LogP contribution in [0.5, 0.6) is 0 Å². The van der Waals surface area contributed by atoms with Gasteiger partial charge in [-0.1, -0.05) is 0 Å². The quantitative estimate of drug-likeness (QED) is 0.927. The number of carboxylic acids is 1. The topological polar surface area (TPSA) is 85.3 Å². The van der Waals surface area contributed by atoms with E-state index in [9.17, 15) is 14.7 Å². The lowest BCUT2D eigenvalue weighted by atomic mass is 10.1. The highest BCUT2D eigenvalue weighted by atomic mass is 16.4. The van der Waals surface area contributed by atoms with E-state index in [1.165, 1.54) is 10.6 Å². The van der Waals surface area contributed by atoms with E-state index in [0.29, 0.717) is 22.9 Å². The van der Waals surface area contributed by atoms with Gasteiger partial charge in [0.05, 0.1) is 11.8 Å². The SMILES string of the molecule is Cc1cnc(C(C)n2c(C)c(C(=O)O)c(C)cc2=O)o1. The van der Waals surface area contributed by atoms with Crippen LogP contribution >= 0.6 is 0 Å². The normalized spacial score (nSPS) is 12.4. The summed E-state index contributed by atoms with van der Waals surface area (Å²) in [5, 5.41) is 9.26. The van der Waals surface area contributed by atoms with Crippen LogP contribution in [-0.2, 0) is 0 Å². The zero-order valence-electron chi connectivity index (χ0n) is 11.8. The fourth-order valence-electron chi connectivity index (χ4n) is 2.38. The highest BCUT2D eigenvalue weighted by Crippen LogP contribution is 2.20. The molecular formula is C14H16N2O4. The molecule has 0 fully saturated rings. The van der Waals surface area contributed by atoms with Gasteiger partial charge in [0.1, 0.15) is 11.8 Å². The summed E-state index contributed by atoms with van der Waals surface area (Å²) in [7, 11) is 0. The van der Waals surface area contributed by atoms with Crippen molar-refractivity contribution in [2.75, 3.05) is 0 Å². The van der Waals surface area contributed by atoms with Gasteiger partial charge in [0, 0.05) is 11.8 Å². The Bertz CT molecular complexity index is 727. The van der Waals surface area contributed by atoms with Crippen LogP contribution in [-0.4, -0.2) is 20.6 Å². The van der Waals surface area contributed by atoms with Crippen molar-refractivity contribution in [3.8, 4) is 0 Å². The smallest absolute Gasteiger partial charge is 0.337 e. The highest BCUT2D eigenvalue weighted by molar-refractivity contribution is 5.90. The lowest BCUT2D eigenvalue weighted by molar-refractivity contribution is 0.0694. The van der Waals surface area contributed by atoms with Crippen LogP contribution in [0.1, 0.15) is 46.2 Å². The number of aromatic carboxylic acids is 1. The second-order valence-electron chi connectivity index (χ2n) is 4.79. The molecule has 0 amide bonds. The number of aromatic nitrogens is 2. The van der Waals surface area contributed by atoms with Gasteiger partial charge in [-0.05, 0) is 33.3 Å². The number of nitrogens with zero attached hydrogens (tertiary/aromatic N) is 2. The number of hydrogen-bond acceptors (Lipinski definition) is 4. The third-order valence-electron chi connectivity index (χ3n) is 3.29. The molecule has 0 radical (unpaired) electrons. The number of carbonyl (C=O) groups is 1. The van der Waals surface area contributed by atoms with Crippen LogP contribution < -0.4 is 5.56 Å². The first-order valence-corrected chi connectivity index (χ1v) is 6.21. The first kappa shape index (κ1) is 14.0. The molecule has 0 aromatic carbocycles. The average Bonchev–Trinajstić information content (AvgIpc) is 2.74. The molecule has 106 valence electrons. The van der Waals surface area contributed by atoms with Gasteiger partial charge in [0.25, 0.3) is 5.56 Å². The van der Waals surface area contributed by atoms with Crippen LogP contribution in [0, 0.1) is 20.8 Å². The molecule has 2 rings (SSSR count). The van der Waals surface area contributed by atoms with Crippen LogP contribution in [0.4, 0.5) is 0 Å². The third-order valence-corrected chi connectivity index (χ3v) is 3.29. The van der Waals surface area contributed by atoms with Gasteiger partial charge in [-0.3, -0.25) is 9.36 Å². The van der Waals surface area contributed by atoms with Crippen LogP contribution in [0.15, 0.2) is 21.5 Å². The molecule has 0 aliphatic carbocycles. The predicted molar refractivity (Wildman–Crippen MR) is 72.2 cm³/mol. The molecule has 1 N–H and O–H groups in total. The van der Waals surface area contributed by atoms with Crippen molar-refractivity contribution in [3.05, 3.63) is 51.1 Å². The predicted octanol–water partition coefficient (Wildman–Crippen LogP) is 2.07. The molecule has 2 aromatic heterocycles. The Hall–Kier alpha value is -2.37. The maximum atomic E-state index is 12.2. The average molecular weight is 276 g/mol. The number of oxazole rings is 1. The fraction of sp³-hybridized carbons (Fsp3) is 0.357. The van der Waals surface area contributed by atoms with E-state index < -0.39 is 12.0 Å². The van der Waals surface area contributed by atoms with Crippen molar-refractivity contribution in [2.45, 2.75) is 33.7 Å². The van der Waals surface area contributed by atoms with Gasteiger partial charge >= 0.3 is 5.97 Å². The highest BCUT2D eigenvalue weighted by Gasteiger charge is 2.22. The van der Waals surface area contributed by atoms with E-state index >= 15 is 0 Å². The van der Waals surface area contributed by atoms with Crippen LogP contribution in [0.3, 0.4) is 0 Å². The summed E-state index contributed by atoms with van der Waals surface area (Å²) in [5.41, 5.74) is 0.714. The van der Waals surface area contributed by atoms with Gasteiger partial charge < -0.3 is 9.52 Å². The van der Waals surface area contributed by atoms with Crippen LogP contribution in [0.2, 0.25) is 0 Å². The molecule has 20 heavy (non-hydrogen) atoms. The molecule has 0 saturated heterocycles. The van der Waals surface area contributed by atoms with Crippen molar-refractivity contribution < 1.29 is 14.3 Å². The van der Waals surface area contributed by atoms with Crippen molar-refractivity contribution >= 4 is 5.97 Å². The minimum atomic E-state index is -1.05. The molecule has 0 spiro atoms. The second-order valence-corrected chi connectivity index (χ2v) is 4.79. The summed E-state index contributed by atoms with van der Waals surface area (Å²) >= 11 is 0. The van der Waals surface area contributed by atoms with E-state index in [1.807, 2.05) is 0 Å². The first-order chi connectivity index (χ1) is 9.32. The number of pyridine rings is 1. The van der Waals surface area contributed by atoms with Gasteiger partial charge in [0.15, 0.2) is 0 Å². The Morgan fingerprint density at radius 1 is 1.40 bits per heavy atom. The van der Waals surface area contributed by atoms with Gasteiger partial charge in [-0.25, -0.2) is 9.78 Å². The zero-order chi connectivity index (χ0) is 15.0.